The lowest BCUT2D eigenvalue weighted by molar-refractivity contribution is -0.141. The monoisotopic (exact) mass is 353 g/mol. The number of carbonyl (C=O) groups is 1. The molecule has 6 nitrogen and oxygen atoms in total. The van der Waals surface area contributed by atoms with Crippen LogP contribution in [-0.4, -0.2) is 49.6 Å². The van der Waals surface area contributed by atoms with Crippen molar-refractivity contribution in [2.75, 3.05) is 19.7 Å². The SMILES string of the molecule is O=C(O)CC1CN(S(=O)(=O)c2ccc(Cl)c(Cl)c2)CCO1. The standard InChI is InChI=1S/C12H13Cl2NO5S/c13-10-2-1-9(6-11(10)14)21(18,19)15-3-4-20-8(7-15)5-12(16)17/h1-2,6,8H,3-5,7H2,(H,16,17). The molecule has 1 fully saturated rings. The lowest BCUT2D eigenvalue weighted by Crippen LogP contribution is -2.46. The summed E-state index contributed by atoms with van der Waals surface area (Å²) in [5.74, 6) is -1.03. The van der Waals surface area contributed by atoms with Crippen LogP contribution in [0, 0.1) is 0 Å². The minimum atomic E-state index is -3.75. The van der Waals surface area contributed by atoms with Crippen molar-refractivity contribution >= 4 is 39.2 Å². The van der Waals surface area contributed by atoms with E-state index in [2.05, 4.69) is 0 Å². The summed E-state index contributed by atoms with van der Waals surface area (Å²) >= 11 is 11.6. The van der Waals surface area contributed by atoms with Crippen LogP contribution in [0.15, 0.2) is 23.1 Å². The third-order valence-corrected chi connectivity index (χ3v) is 5.63. The van der Waals surface area contributed by atoms with Gasteiger partial charge in [-0.2, -0.15) is 4.31 Å². The largest absolute Gasteiger partial charge is 0.481 e. The number of carboxylic acids is 1. The van der Waals surface area contributed by atoms with E-state index >= 15 is 0 Å². The van der Waals surface area contributed by atoms with Gasteiger partial charge in [-0.25, -0.2) is 8.42 Å². The van der Waals surface area contributed by atoms with Gasteiger partial charge in [0.2, 0.25) is 10.0 Å². The molecule has 1 unspecified atom stereocenters. The van der Waals surface area contributed by atoms with Crippen molar-refractivity contribution in [2.45, 2.75) is 17.4 Å². The van der Waals surface area contributed by atoms with Crippen LogP contribution in [-0.2, 0) is 19.6 Å². The van der Waals surface area contributed by atoms with Gasteiger partial charge in [0, 0.05) is 13.1 Å². The van der Waals surface area contributed by atoms with Gasteiger partial charge in [-0.15, -0.1) is 0 Å². The third-order valence-electron chi connectivity index (χ3n) is 3.03. The summed E-state index contributed by atoms with van der Waals surface area (Å²) in [6, 6.07) is 4.05. The van der Waals surface area contributed by atoms with Gasteiger partial charge in [0.15, 0.2) is 0 Å². The molecule has 1 aromatic carbocycles. The molecule has 1 aliphatic rings. The van der Waals surface area contributed by atoms with Crippen molar-refractivity contribution in [1.29, 1.82) is 0 Å². The Kier molecular flexibility index (Phi) is 5.11. The fourth-order valence-electron chi connectivity index (χ4n) is 2.02. The van der Waals surface area contributed by atoms with Crippen LogP contribution in [0.25, 0.3) is 0 Å². The minimum Gasteiger partial charge on any atom is -0.481 e. The molecule has 21 heavy (non-hydrogen) atoms. The molecule has 0 spiro atoms. The second-order valence-corrected chi connectivity index (χ2v) is 7.28. The summed E-state index contributed by atoms with van der Waals surface area (Å²) in [5, 5.41) is 9.17. The highest BCUT2D eigenvalue weighted by Gasteiger charge is 2.32. The van der Waals surface area contributed by atoms with Crippen molar-refractivity contribution in [3.05, 3.63) is 28.2 Å². The van der Waals surface area contributed by atoms with Crippen molar-refractivity contribution in [1.82, 2.24) is 4.31 Å². The first-order chi connectivity index (χ1) is 9.80. The molecule has 0 aromatic heterocycles. The van der Waals surface area contributed by atoms with Gasteiger partial charge in [0.05, 0.1) is 34.1 Å². The molecule has 9 heteroatoms. The van der Waals surface area contributed by atoms with Crippen LogP contribution >= 0.6 is 23.2 Å². The van der Waals surface area contributed by atoms with Crippen molar-refractivity contribution in [3.8, 4) is 0 Å². The molecule has 1 heterocycles. The first kappa shape index (κ1) is 16.5. The molecule has 0 aliphatic carbocycles. The number of aliphatic carboxylic acids is 1. The average Bonchev–Trinajstić information content (AvgIpc) is 2.41. The van der Waals surface area contributed by atoms with Gasteiger partial charge in [0.25, 0.3) is 0 Å². The molecule has 1 aromatic rings. The first-order valence-corrected chi connectivity index (χ1v) is 8.29. The number of sulfonamides is 1. The molecule has 116 valence electrons. The highest BCUT2D eigenvalue weighted by Crippen LogP contribution is 2.27. The predicted molar refractivity (Wildman–Crippen MR) is 77.2 cm³/mol. The molecule has 0 bridgehead atoms. The number of morpholine rings is 1. The lowest BCUT2D eigenvalue weighted by Gasteiger charge is -2.31. The van der Waals surface area contributed by atoms with E-state index in [0.717, 1.165) is 0 Å². The first-order valence-electron chi connectivity index (χ1n) is 6.09. The highest BCUT2D eigenvalue weighted by molar-refractivity contribution is 7.89. The Hall–Kier alpha value is -0.860. The van der Waals surface area contributed by atoms with Crippen molar-refractivity contribution in [3.63, 3.8) is 0 Å². The normalized spacial score (nSPS) is 20.4. The Balaban J connectivity index is 2.22. The van der Waals surface area contributed by atoms with Gasteiger partial charge in [-0.3, -0.25) is 4.79 Å². The number of hydrogen-bond acceptors (Lipinski definition) is 4. The van der Waals surface area contributed by atoms with Gasteiger partial charge >= 0.3 is 5.97 Å². The van der Waals surface area contributed by atoms with Crippen LogP contribution in [0.1, 0.15) is 6.42 Å². The summed E-state index contributed by atoms with van der Waals surface area (Å²) in [4.78, 5) is 10.7. The number of benzene rings is 1. The Bertz CT molecular complexity index is 649. The Morgan fingerprint density at radius 3 is 2.71 bits per heavy atom. The van der Waals surface area contributed by atoms with E-state index in [1.807, 2.05) is 0 Å². The van der Waals surface area contributed by atoms with E-state index < -0.39 is 22.1 Å². The number of ether oxygens (including phenoxy) is 1. The van der Waals surface area contributed by atoms with Crippen LogP contribution in [0.5, 0.6) is 0 Å². The zero-order valence-electron chi connectivity index (χ0n) is 10.8. The number of rotatable bonds is 4. The van der Waals surface area contributed by atoms with Gasteiger partial charge in [0.1, 0.15) is 0 Å². The van der Waals surface area contributed by atoms with Gasteiger partial charge in [-0.1, -0.05) is 23.2 Å². The van der Waals surface area contributed by atoms with Gasteiger partial charge in [-0.05, 0) is 18.2 Å². The Labute approximate surface area is 132 Å². The molecular weight excluding hydrogens is 341 g/mol. The third kappa shape index (κ3) is 3.87. The molecular formula is C12H13Cl2NO5S. The Morgan fingerprint density at radius 2 is 2.10 bits per heavy atom. The maximum atomic E-state index is 12.5. The maximum Gasteiger partial charge on any atom is 0.306 e. The summed E-state index contributed by atoms with van der Waals surface area (Å²) < 4.78 is 31.5. The van der Waals surface area contributed by atoms with E-state index in [1.165, 1.54) is 22.5 Å². The molecule has 1 aliphatic heterocycles. The molecule has 2 rings (SSSR count). The fourth-order valence-corrected chi connectivity index (χ4v) is 3.86. The second-order valence-electron chi connectivity index (χ2n) is 4.53. The highest BCUT2D eigenvalue weighted by atomic mass is 35.5. The molecule has 1 atom stereocenters. The lowest BCUT2D eigenvalue weighted by atomic mass is 10.2. The molecule has 1 saturated heterocycles. The minimum absolute atomic E-state index is 0.00508. The molecule has 0 saturated carbocycles. The Morgan fingerprint density at radius 1 is 1.38 bits per heavy atom. The van der Waals surface area contributed by atoms with Gasteiger partial charge < -0.3 is 9.84 Å². The molecule has 1 N–H and O–H groups in total. The maximum absolute atomic E-state index is 12.5. The predicted octanol–water partition coefficient (Wildman–Crippen LogP) is 1.86. The average molecular weight is 354 g/mol. The number of carboxylic acid groups (broad SMARTS) is 1. The molecule has 0 radical (unpaired) electrons. The second kappa shape index (κ2) is 6.50. The number of halogens is 2. The summed E-state index contributed by atoms with van der Waals surface area (Å²) in [6.07, 6.45) is -0.901. The van der Waals surface area contributed by atoms with E-state index in [-0.39, 0.29) is 41.1 Å². The van der Waals surface area contributed by atoms with Crippen molar-refractivity contribution < 1.29 is 23.1 Å². The smallest absolute Gasteiger partial charge is 0.306 e. The summed E-state index contributed by atoms with van der Waals surface area (Å²) in [5.41, 5.74) is 0. The van der Waals surface area contributed by atoms with Crippen LogP contribution in [0.3, 0.4) is 0 Å². The van der Waals surface area contributed by atoms with E-state index in [0.29, 0.717) is 0 Å². The van der Waals surface area contributed by atoms with Crippen LogP contribution in [0.4, 0.5) is 0 Å². The zero-order chi connectivity index (χ0) is 15.6. The van der Waals surface area contributed by atoms with Crippen LogP contribution in [0.2, 0.25) is 10.0 Å². The van der Waals surface area contributed by atoms with E-state index in [9.17, 15) is 13.2 Å². The number of nitrogens with zero attached hydrogens (tertiary/aromatic N) is 1. The summed E-state index contributed by atoms with van der Waals surface area (Å²) in [6.45, 7) is 0.312. The zero-order valence-corrected chi connectivity index (χ0v) is 13.2. The van der Waals surface area contributed by atoms with Crippen LogP contribution < -0.4 is 0 Å². The number of hydrogen-bond donors (Lipinski definition) is 1. The van der Waals surface area contributed by atoms with E-state index in [1.54, 1.807) is 0 Å². The van der Waals surface area contributed by atoms with Crippen molar-refractivity contribution in [2.24, 2.45) is 0 Å². The fraction of sp³-hybridized carbons (Fsp3) is 0.417. The topological polar surface area (TPSA) is 83.9 Å². The summed E-state index contributed by atoms with van der Waals surface area (Å²) in [7, 11) is -3.75. The van der Waals surface area contributed by atoms with E-state index in [4.69, 9.17) is 33.0 Å². The molecule has 0 amide bonds. The quantitative estimate of drug-likeness (QED) is 0.892.